The predicted octanol–water partition coefficient (Wildman–Crippen LogP) is 4.28. The number of aryl methyl sites for hydroxylation is 2. The predicted molar refractivity (Wildman–Crippen MR) is 85.7 cm³/mol. The van der Waals surface area contributed by atoms with Gasteiger partial charge in [0.05, 0.1) is 5.02 Å². The molecule has 3 rings (SSSR count). The van der Waals surface area contributed by atoms with Gasteiger partial charge in [-0.2, -0.15) is 0 Å². The van der Waals surface area contributed by atoms with Crippen molar-refractivity contribution >= 4 is 38.9 Å². The van der Waals surface area contributed by atoms with Crippen LogP contribution in [0.4, 0.5) is 5.69 Å². The number of sulfonamides is 1. The number of hydrogen-bond acceptors (Lipinski definition) is 2. The molecule has 0 heterocycles. The van der Waals surface area contributed by atoms with Crippen molar-refractivity contribution in [2.45, 2.75) is 24.2 Å². The van der Waals surface area contributed by atoms with Crippen LogP contribution in [0.25, 0.3) is 0 Å². The first-order chi connectivity index (χ1) is 9.95. The zero-order valence-electron chi connectivity index (χ0n) is 11.1. The van der Waals surface area contributed by atoms with Crippen LogP contribution in [0.5, 0.6) is 0 Å². The standard InChI is InChI=1S/C15H13Cl2NO2S/c16-12-5-7-14(17)15(9-12)21(19,20)18-13-6-4-10-2-1-3-11(10)8-13/h4-9,18H,1-3H2. The molecule has 6 heteroatoms. The monoisotopic (exact) mass is 341 g/mol. The minimum atomic E-state index is -3.75. The van der Waals surface area contributed by atoms with Crippen molar-refractivity contribution in [3.05, 3.63) is 57.6 Å². The van der Waals surface area contributed by atoms with Gasteiger partial charge in [-0.05, 0) is 60.7 Å². The first-order valence-electron chi connectivity index (χ1n) is 6.55. The van der Waals surface area contributed by atoms with Crippen LogP contribution < -0.4 is 4.72 Å². The van der Waals surface area contributed by atoms with Crippen molar-refractivity contribution in [3.8, 4) is 0 Å². The SMILES string of the molecule is O=S(=O)(Nc1ccc2c(c1)CCC2)c1cc(Cl)ccc1Cl. The molecule has 0 unspecified atom stereocenters. The Hall–Kier alpha value is -1.23. The summed E-state index contributed by atoms with van der Waals surface area (Å²) in [5.74, 6) is 0. The summed E-state index contributed by atoms with van der Waals surface area (Å²) in [6.07, 6.45) is 3.16. The van der Waals surface area contributed by atoms with E-state index < -0.39 is 10.0 Å². The number of rotatable bonds is 3. The van der Waals surface area contributed by atoms with Gasteiger partial charge in [-0.3, -0.25) is 4.72 Å². The lowest BCUT2D eigenvalue weighted by Gasteiger charge is -2.11. The van der Waals surface area contributed by atoms with E-state index in [1.807, 2.05) is 12.1 Å². The maximum Gasteiger partial charge on any atom is 0.263 e. The molecule has 0 bridgehead atoms. The van der Waals surface area contributed by atoms with Crippen molar-refractivity contribution in [2.24, 2.45) is 0 Å². The molecule has 0 saturated heterocycles. The molecule has 2 aromatic rings. The normalized spacial score (nSPS) is 14.0. The van der Waals surface area contributed by atoms with Gasteiger partial charge in [0.15, 0.2) is 0 Å². The molecule has 110 valence electrons. The molecule has 0 aromatic heterocycles. The van der Waals surface area contributed by atoms with Gasteiger partial charge >= 0.3 is 0 Å². The number of anilines is 1. The molecule has 3 nitrogen and oxygen atoms in total. The fourth-order valence-corrected chi connectivity index (χ4v) is 4.34. The molecule has 0 amide bonds. The number of nitrogens with one attached hydrogen (secondary N) is 1. The zero-order chi connectivity index (χ0) is 15.0. The second-order valence-electron chi connectivity index (χ2n) is 5.02. The lowest BCUT2D eigenvalue weighted by atomic mass is 10.1. The maximum atomic E-state index is 12.4. The van der Waals surface area contributed by atoms with Gasteiger partial charge < -0.3 is 0 Å². The highest BCUT2D eigenvalue weighted by atomic mass is 35.5. The van der Waals surface area contributed by atoms with Crippen molar-refractivity contribution in [1.82, 2.24) is 0 Å². The minimum absolute atomic E-state index is 0.0165. The van der Waals surface area contributed by atoms with Crippen LogP contribution in [-0.4, -0.2) is 8.42 Å². The number of hydrogen-bond donors (Lipinski definition) is 1. The highest BCUT2D eigenvalue weighted by Crippen LogP contribution is 2.29. The third kappa shape index (κ3) is 3.03. The Balaban J connectivity index is 1.94. The summed E-state index contributed by atoms with van der Waals surface area (Å²) < 4.78 is 27.4. The number of halogens is 2. The van der Waals surface area contributed by atoms with Crippen LogP contribution in [-0.2, 0) is 22.9 Å². The summed E-state index contributed by atoms with van der Waals surface area (Å²) in [7, 11) is -3.75. The third-order valence-electron chi connectivity index (χ3n) is 3.53. The molecule has 0 spiro atoms. The molecule has 0 atom stereocenters. The van der Waals surface area contributed by atoms with Gasteiger partial charge in [0.2, 0.25) is 0 Å². The smallest absolute Gasteiger partial charge is 0.263 e. The van der Waals surface area contributed by atoms with Gasteiger partial charge in [0.1, 0.15) is 4.90 Å². The van der Waals surface area contributed by atoms with Crippen molar-refractivity contribution in [1.29, 1.82) is 0 Å². The second kappa shape index (κ2) is 5.52. The molecule has 0 radical (unpaired) electrons. The second-order valence-corrected chi connectivity index (χ2v) is 7.51. The fourth-order valence-electron chi connectivity index (χ4n) is 2.53. The van der Waals surface area contributed by atoms with Gasteiger partial charge in [0.25, 0.3) is 10.0 Å². The molecule has 21 heavy (non-hydrogen) atoms. The lowest BCUT2D eigenvalue weighted by molar-refractivity contribution is 0.601. The van der Waals surface area contributed by atoms with Gasteiger partial charge in [-0.1, -0.05) is 29.3 Å². The van der Waals surface area contributed by atoms with E-state index >= 15 is 0 Å². The van der Waals surface area contributed by atoms with Gasteiger partial charge in [0, 0.05) is 10.7 Å². The molecule has 0 fully saturated rings. The molecule has 1 aliphatic rings. The summed E-state index contributed by atoms with van der Waals surface area (Å²) in [6.45, 7) is 0. The van der Waals surface area contributed by atoms with Crippen LogP contribution >= 0.6 is 23.2 Å². The summed E-state index contributed by atoms with van der Waals surface area (Å²) in [5.41, 5.74) is 3.04. The third-order valence-corrected chi connectivity index (χ3v) is 5.63. The summed E-state index contributed by atoms with van der Waals surface area (Å²) in [4.78, 5) is -0.0165. The quantitative estimate of drug-likeness (QED) is 0.905. The van der Waals surface area contributed by atoms with Crippen molar-refractivity contribution < 1.29 is 8.42 Å². The molecule has 1 N–H and O–H groups in total. The largest absolute Gasteiger partial charge is 0.280 e. The average Bonchev–Trinajstić information content (AvgIpc) is 2.88. The first kappa shape index (κ1) is 14.7. The Kier molecular flexibility index (Phi) is 3.86. The Labute approximate surface area is 133 Å². The Bertz CT molecular complexity index is 803. The number of benzene rings is 2. The topological polar surface area (TPSA) is 46.2 Å². The maximum absolute atomic E-state index is 12.4. The molecule has 1 aliphatic carbocycles. The Morgan fingerprint density at radius 1 is 0.952 bits per heavy atom. The first-order valence-corrected chi connectivity index (χ1v) is 8.79. The van der Waals surface area contributed by atoms with E-state index in [4.69, 9.17) is 23.2 Å². The molecule has 0 aliphatic heterocycles. The van der Waals surface area contributed by atoms with Crippen LogP contribution in [0.3, 0.4) is 0 Å². The molecular weight excluding hydrogens is 329 g/mol. The minimum Gasteiger partial charge on any atom is -0.280 e. The average molecular weight is 342 g/mol. The van der Waals surface area contributed by atoms with Crippen LogP contribution in [0.15, 0.2) is 41.3 Å². The number of fused-ring (bicyclic) bond motifs is 1. The molecule has 2 aromatic carbocycles. The summed E-state index contributed by atoms with van der Waals surface area (Å²) in [6, 6.07) is 10.0. The Morgan fingerprint density at radius 3 is 2.52 bits per heavy atom. The molecular formula is C15H13Cl2NO2S. The highest BCUT2D eigenvalue weighted by molar-refractivity contribution is 7.92. The van der Waals surface area contributed by atoms with E-state index in [2.05, 4.69) is 4.72 Å². The van der Waals surface area contributed by atoms with E-state index in [1.165, 1.54) is 23.3 Å². The van der Waals surface area contributed by atoms with E-state index in [9.17, 15) is 8.42 Å². The van der Waals surface area contributed by atoms with Gasteiger partial charge in [-0.25, -0.2) is 8.42 Å². The Morgan fingerprint density at radius 2 is 1.71 bits per heavy atom. The van der Waals surface area contributed by atoms with Crippen LogP contribution in [0.2, 0.25) is 10.0 Å². The van der Waals surface area contributed by atoms with E-state index in [-0.39, 0.29) is 9.92 Å². The summed E-state index contributed by atoms with van der Waals surface area (Å²) >= 11 is 11.8. The fraction of sp³-hybridized carbons (Fsp3) is 0.200. The van der Waals surface area contributed by atoms with E-state index in [0.717, 1.165) is 19.3 Å². The van der Waals surface area contributed by atoms with E-state index in [1.54, 1.807) is 12.1 Å². The van der Waals surface area contributed by atoms with Crippen LogP contribution in [0.1, 0.15) is 17.5 Å². The highest BCUT2D eigenvalue weighted by Gasteiger charge is 2.19. The zero-order valence-corrected chi connectivity index (χ0v) is 13.4. The van der Waals surface area contributed by atoms with Gasteiger partial charge in [-0.15, -0.1) is 0 Å². The molecule has 0 saturated carbocycles. The van der Waals surface area contributed by atoms with Crippen LogP contribution in [0, 0.1) is 0 Å². The lowest BCUT2D eigenvalue weighted by Crippen LogP contribution is -2.13. The summed E-state index contributed by atoms with van der Waals surface area (Å²) in [5, 5.41) is 0.474. The van der Waals surface area contributed by atoms with E-state index in [0.29, 0.717) is 10.7 Å². The van der Waals surface area contributed by atoms with Crippen molar-refractivity contribution in [3.63, 3.8) is 0 Å². The van der Waals surface area contributed by atoms with Crippen molar-refractivity contribution in [2.75, 3.05) is 4.72 Å².